The lowest BCUT2D eigenvalue weighted by atomic mass is 10.1. The molecule has 0 saturated carbocycles. The Morgan fingerprint density at radius 2 is 1.83 bits per heavy atom. The van der Waals surface area contributed by atoms with E-state index in [1.165, 1.54) is 30.7 Å². The van der Waals surface area contributed by atoms with Gasteiger partial charge in [0.25, 0.3) is 0 Å². The second-order valence-corrected chi connectivity index (χ2v) is 6.14. The summed E-state index contributed by atoms with van der Waals surface area (Å²) in [4.78, 5) is 14.4. The van der Waals surface area contributed by atoms with Gasteiger partial charge in [-0.1, -0.05) is 17.7 Å². The summed E-state index contributed by atoms with van der Waals surface area (Å²) in [5.74, 6) is -0.711. The van der Waals surface area contributed by atoms with E-state index in [9.17, 15) is 9.18 Å². The Hall–Kier alpha value is -2.07. The van der Waals surface area contributed by atoms with Gasteiger partial charge in [0.2, 0.25) is 5.91 Å². The lowest BCUT2D eigenvalue weighted by Gasteiger charge is -2.17. The molecular weight excluding hydrogens is 315 g/mol. The first-order valence-electron chi connectivity index (χ1n) is 7.70. The molecule has 0 radical (unpaired) electrons. The molecule has 0 aromatic heterocycles. The number of amides is 1. The topological polar surface area (TPSA) is 32.3 Å². The van der Waals surface area contributed by atoms with Crippen LogP contribution < -0.4 is 10.2 Å². The van der Waals surface area contributed by atoms with E-state index in [1.54, 1.807) is 6.07 Å². The van der Waals surface area contributed by atoms with Crippen LogP contribution in [0, 0.1) is 5.82 Å². The van der Waals surface area contributed by atoms with Gasteiger partial charge in [-0.15, -0.1) is 0 Å². The van der Waals surface area contributed by atoms with Gasteiger partial charge in [-0.3, -0.25) is 4.79 Å². The maximum absolute atomic E-state index is 13.7. The SMILES string of the molecule is O=C(Cc1ccc(Cl)cc1F)Nc1ccc(N2CCCC2)cc1. The zero-order valence-electron chi connectivity index (χ0n) is 12.7. The number of anilines is 2. The second-order valence-electron chi connectivity index (χ2n) is 5.70. The number of hydrogen-bond acceptors (Lipinski definition) is 2. The monoisotopic (exact) mass is 332 g/mol. The van der Waals surface area contributed by atoms with Crippen molar-refractivity contribution in [2.45, 2.75) is 19.3 Å². The Morgan fingerprint density at radius 1 is 1.13 bits per heavy atom. The highest BCUT2D eigenvalue weighted by Gasteiger charge is 2.13. The predicted octanol–water partition coefficient (Wildman–Crippen LogP) is 4.26. The van der Waals surface area contributed by atoms with Crippen molar-refractivity contribution in [1.82, 2.24) is 0 Å². The highest BCUT2D eigenvalue weighted by atomic mass is 35.5. The molecule has 1 aliphatic rings. The van der Waals surface area contributed by atoms with E-state index in [0.717, 1.165) is 13.1 Å². The molecule has 2 aromatic carbocycles. The van der Waals surface area contributed by atoms with Gasteiger partial charge in [0.1, 0.15) is 5.82 Å². The van der Waals surface area contributed by atoms with Gasteiger partial charge in [0.15, 0.2) is 0 Å². The van der Waals surface area contributed by atoms with E-state index in [4.69, 9.17) is 11.6 Å². The summed E-state index contributed by atoms with van der Waals surface area (Å²) in [6.45, 7) is 2.17. The first kappa shape index (κ1) is 15.8. The van der Waals surface area contributed by atoms with Gasteiger partial charge in [-0.2, -0.15) is 0 Å². The molecule has 0 spiro atoms. The number of nitrogens with zero attached hydrogens (tertiary/aromatic N) is 1. The lowest BCUT2D eigenvalue weighted by Crippen LogP contribution is -2.18. The fraction of sp³-hybridized carbons (Fsp3) is 0.278. The standard InChI is InChI=1S/C18H18ClFN2O/c19-14-4-3-13(17(20)12-14)11-18(23)21-15-5-7-16(8-6-15)22-9-1-2-10-22/h3-8,12H,1-2,9-11H2,(H,21,23). The first-order valence-corrected chi connectivity index (χ1v) is 8.08. The number of hydrogen-bond donors (Lipinski definition) is 1. The summed E-state index contributed by atoms with van der Waals surface area (Å²) < 4.78 is 13.7. The molecule has 1 heterocycles. The van der Waals surface area contributed by atoms with Crippen LogP contribution >= 0.6 is 11.6 Å². The molecule has 0 atom stereocenters. The molecular formula is C18H18ClFN2O. The minimum absolute atomic E-state index is 0.0170. The van der Waals surface area contributed by atoms with Crippen molar-refractivity contribution in [3.8, 4) is 0 Å². The summed E-state index contributed by atoms with van der Waals surface area (Å²) in [6, 6.07) is 12.1. The molecule has 0 aliphatic carbocycles. The van der Waals surface area contributed by atoms with Gasteiger partial charge in [-0.05, 0) is 54.8 Å². The zero-order valence-corrected chi connectivity index (χ0v) is 13.4. The third-order valence-electron chi connectivity index (χ3n) is 3.99. The molecule has 23 heavy (non-hydrogen) atoms. The van der Waals surface area contributed by atoms with Crippen molar-refractivity contribution in [3.63, 3.8) is 0 Å². The largest absolute Gasteiger partial charge is 0.372 e. The number of benzene rings is 2. The second kappa shape index (κ2) is 7.01. The number of nitrogens with one attached hydrogen (secondary N) is 1. The van der Waals surface area contributed by atoms with E-state index in [2.05, 4.69) is 10.2 Å². The Labute approximate surface area is 140 Å². The molecule has 1 N–H and O–H groups in total. The predicted molar refractivity (Wildman–Crippen MR) is 91.6 cm³/mol. The minimum atomic E-state index is -0.461. The van der Waals surface area contributed by atoms with Gasteiger partial charge < -0.3 is 10.2 Å². The fourth-order valence-corrected chi connectivity index (χ4v) is 2.93. The molecule has 3 nitrogen and oxygen atoms in total. The Morgan fingerprint density at radius 3 is 2.48 bits per heavy atom. The average molecular weight is 333 g/mol. The minimum Gasteiger partial charge on any atom is -0.372 e. The fourth-order valence-electron chi connectivity index (χ4n) is 2.77. The van der Waals surface area contributed by atoms with E-state index >= 15 is 0 Å². The van der Waals surface area contributed by atoms with Crippen LogP contribution in [0.25, 0.3) is 0 Å². The molecule has 0 unspecified atom stereocenters. The summed E-state index contributed by atoms with van der Waals surface area (Å²) in [5.41, 5.74) is 2.22. The maximum Gasteiger partial charge on any atom is 0.228 e. The Bertz CT molecular complexity index is 697. The van der Waals surface area contributed by atoms with Crippen LogP contribution in [0.4, 0.5) is 15.8 Å². The van der Waals surface area contributed by atoms with Crippen molar-refractivity contribution in [3.05, 3.63) is 58.9 Å². The zero-order chi connectivity index (χ0) is 16.2. The molecule has 3 rings (SSSR count). The van der Waals surface area contributed by atoms with Crippen molar-refractivity contribution in [1.29, 1.82) is 0 Å². The number of halogens is 2. The Balaban J connectivity index is 1.61. The summed E-state index contributed by atoms with van der Waals surface area (Å²) in [5, 5.41) is 3.12. The summed E-state index contributed by atoms with van der Waals surface area (Å²) in [7, 11) is 0. The highest BCUT2D eigenvalue weighted by molar-refractivity contribution is 6.30. The van der Waals surface area contributed by atoms with Crippen LogP contribution in [0.1, 0.15) is 18.4 Å². The van der Waals surface area contributed by atoms with E-state index in [0.29, 0.717) is 16.3 Å². The summed E-state index contributed by atoms with van der Waals surface area (Å²) >= 11 is 5.71. The van der Waals surface area contributed by atoms with Crippen molar-refractivity contribution < 1.29 is 9.18 Å². The van der Waals surface area contributed by atoms with E-state index in [-0.39, 0.29) is 12.3 Å². The van der Waals surface area contributed by atoms with E-state index < -0.39 is 5.82 Å². The molecule has 1 saturated heterocycles. The van der Waals surface area contributed by atoms with Gasteiger partial charge in [0.05, 0.1) is 6.42 Å². The van der Waals surface area contributed by atoms with Crippen LogP contribution in [-0.4, -0.2) is 19.0 Å². The molecule has 2 aromatic rings. The van der Waals surface area contributed by atoms with Crippen LogP contribution in [0.3, 0.4) is 0 Å². The third kappa shape index (κ3) is 4.02. The smallest absolute Gasteiger partial charge is 0.228 e. The number of carbonyl (C=O) groups is 1. The third-order valence-corrected chi connectivity index (χ3v) is 4.22. The van der Waals surface area contributed by atoms with Crippen LogP contribution in [0.15, 0.2) is 42.5 Å². The van der Waals surface area contributed by atoms with Crippen LogP contribution in [0.5, 0.6) is 0 Å². The van der Waals surface area contributed by atoms with Crippen molar-refractivity contribution >= 4 is 28.9 Å². The van der Waals surface area contributed by atoms with Gasteiger partial charge in [0, 0.05) is 29.5 Å². The quantitative estimate of drug-likeness (QED) is 0.907. The highest BCUT2D eigenvalue weighted by Crippen LogP contribution is 2.22. The normalized spacial score (nSPS) is 14.1. The average Bonchev–Trinajstić information content (AvgIpc) is 3.05. The molecule has 1 amide bonds. The van der Waals surface area contributed by atoms with Crippen LogP contribution in [-0.2, 0) is 11.2 Å². The van der Waals surface area contributed by atoms with Gasteiger partial charge >= 0.3 is 0 Å². The molecule has 5 heteroatoms. The first-order chi connectivity index (χ1) is 11.1. The number of carbonyl (C=O) groups excluding carboxylic acids is 1. The molecule has 120 valence electrons. The summed E-state index contributed by atoms with van der Waals surface area (Å²) in [6.07, 6.45) is 2.44. The van der Waals surface area contributed by atoms with E-state index in [1.807, 2.05) is 24.3 Å². The van der Waals surface area contributed by atoms with Crippen molar-refractivity contribution in [2.24, 2.45) is 0 Å². The number of rotatable bonds is 4. The Kier molecular flexibility index (Phi) is 4.82. The lowest BCUT2D eigenvalue weighted by molar-refractivity contribution is -0.115. The van der Waals surface area contributed by atoms with Crippen molar-refractivity contribution in [2.75, 3.05) is 23.3 Å². The molecule has 1 aliphatic heterocycles. The van der Waals surface area contributed by atoms with Crippen LogP contribution in [0.2, 0.25) is 5.02 Å². The maximum atomic E-state index is 13.7. The van der Waals surface area contributed by atoms with Gasteiger partial charge in [-0.25, -0.2) is 4.39 Å². The molecule has 1 fully saturated rings. The molecule has 0 bridgehead atoms.